The summed E-state index contributed by atoms with van der Waals surface area (Å²) < 4.78 is 0. The summed E-state index contributed by atoms with van der Waals surface area (Å²) in [6.07, 6.45) is 1.84. The van der Waals surface area contributed by atoms with Crippen molar-refractivity contribution in [2.75, 3.05) is 13.2 Å². The average Bonchev–Trinajstić information content (AvgIpc) is 2.69. The molecule has 4 heteroatoms. The largest absolute Gasteiger partial charge is 0.395 e. The summed E-state index contributed by atoms with van der Waals surface area (Å²) in [5, 5.41) is 9.14. The molecule has 0 aliphatic rings. The van der Waals surface area contributed by atoms with Crippen LogP contribution in [-0.2, 0) is 0 Å². The Labute approximate surface area is 113 Å². The molecule has 1 aromatic rings. The third-order valence-corrected chi connectivity index (χ3v) is 4.50. The van der Waals surface area contributed by atoms with Crippen molar-refractivity contribution in [1.82, 2.24) is 4.90 Å². The number of nitrogens with zero attached hydrogens (tertiary/aromatic N) is 1. The maximum atomic E-state index is 12.5. The summed E-state index contributed by atoms with van der Waals surface area (Å²) in [6, 6.07) is 2.17. The molecule has 0 saturated carbocycles. The van der Waals surface area contributed by atoms with Crippen molar-refractivity contribution in [3.8, 4) is 0 Å². The van der Waals surface area contributed by atoms with Gasteiger partial charge in [-0.05, 0) is 38.3 Å². The summed E-state index contributed by atoms with van der Waals surface area (Å²) in [4.78, 5) is 16.3. The van der Waals surface area contributed by atoms with Crippen molar-refractivity contribution in [3.63, 3.8) is 0 Å². The summed E-state index contributed by atoms with van der Waals surface area (Å²) in [6.45, 7) is 8.65. The van der Waals surface area contributed by atoms with Crippen molar-refractivity contribution < 1.29 is 9.90 Å². The van der Waals surface area contributed by atoms with E-state index in [0.29, 0.717) is 6.54 Å². The van der Waals surface area contributed by atoms with Crippen LogP contribution in [0.5, 0.6) is 0 Å². The summed E-state index contributed by atoms with van der Waals surface area (Å²) in [5.74, 6) is 0.0546. The van der Waals surface area contributed by atoms with Gasteiger partial charge in [0.1, 0.15) is 0 Å². The number of aliphatic hydroxyl groups is 1. The molecule has 18 heavy (non-hydrogen) atoms. The van der Waals surface area contributed by atoms with Gasteiger partial charge in [-0.1, -0.05) is 13.8 Å². The van der Waals surface area contributed by atoms with Gasteiger partial charge in [0.15, 0.2) is 0 Å². The maximum absolute atomic E-state index is 12.5. The molecule has 1 heterocycles. The molecule has 3 nitrogen and oxygen atoms in total. The number of hydrogen-bond acceptors (Lipinski definition) is 3. The highest BCUT2D eigenvalue weighted by Crippen LogP contribution is 2.23. The molecule has 0 unspecified atom stereocenters. The predicted octanol–water partition coefficient (Wildman–Crippen LogP) is 2.99. The van der Waals surface area contributed by atoms with Crippen LogP contribution in [0.15, 0.2) is 6.07 Å². The van der Waals surface area contributed by atoms with Crippen LogP contribution in [0.25, 0.3) is 0 Å². The molecule has 0 aliphatic carbocycles. The van der Waals surface area contributed by atoms with E-state index < -0.39 is 0 Å². The van der Waals surface area contributed by atoms with Crippen LogP contribution in [-0.4, -0.2) is 35.1 Å². The monoisotopic (exact) mass is 269 g/mol. The van der Waals surface area contributed by atoms with Gasteiger partial charge in [0.05, 0.1) is 11.5 Å². The van der Waals surface area contributed by atoms with Crippen LogP contribution in [0.1, 0.15) is 46.8 Å². The second-order valence-corrected chi connectivity index (χ2v) is 5.80. The van der Waals surface area contributed by atoms with E-state index in [0.717, 1.165) is 23.3 Å². The van der Waals surface area contributed by atoms with E-state index in [-0.39, 0.29) is 18.6 Å². The number of aryl methyl sites for hydroxylation is 2. The van der Waals surface area contributed by atoms with Crippen LogP contribution in [0.3, 0.4) is 0 Å². The zero-order chi connectivity index (χ0) is 13.7. The van der Waals surface area contributed by atoms with Crippen LogP contribution in [0.2, 0.25) is 0 Å². The van der Waals surface area contributed by atoms with Gasteiger partial charge in [-0.3, -0.25) is 4.79 Å². The number of amides is 1. The molecule has 1 aromatic heterocycles. The first kappa shape index (κ1) is 15.2. The Kier molecular flexibility index (Phi) is 5.82. The molecule has 0 fully saturated rings. The predicted molar refractivity (Wildman–Crippen MR) is 76.3 cm³/mol. The summed E-state index contributed by atoms with van der Waals surface area (Å²) in [5.41, 5.74) is 1.16. The molecule has 102 valence electrons. The second kappa shape index (κ2) is 6.90. The van der Waals surface area contributed by atoms with Crippen LogP contribution >= 0.6 is 11.3 Å². The fraction of sp³-hybridized carbons (Fsp3) is 0.643. The smallest absolute Gasteiger partial charge is 0.264 e. The lowest BCUT2D eigenvalue weighted by Crippen LogP contribution is -2.41. The molecule has 0 atom stereocenters. The normalized spacial score (nSPS) is 11.0. The van der Waals surface area contributed by atoms with Gasteiger partial charge in [0.25, 0.3) is 5.91 Å². The van der Waals surface area contributed by atoms with E-state index in [1.54, 1.807) is 11.3 Å². The van der Waals surface area contributed by atoms with Crippen LogP contribution < -0.4 is 0 Å². The molecule has 0 aromatic carbocycles. The van der Waals surface area contributed by atoms with Crippen molar-refractivity contribution in [3.05, 3.63) is 21.4 Å². The lowest BCUT2D eigenvalue weighted by molar-refractivity contribution is 0.0627. The number of carbonyl (C=O) groups excluding carboxylic acids is 1. The molecule has 0 spiro atoms. The van der Waals surface area contributed by atoms with Crippen molar-refractivity contribution in [2.45, 2.75) is 46.6 Å². The standard InChI is InChI=1S/C14H23NO2S/c1-5-12(6-2)15(7-8-16)14(17)13-9-10(3)11(4)18-13/h9,12,16H,5-8H2,1-4H3. The first-order valence-electron chi connectivity index (χ1n) is 6.53. The Bertz CT molecular complexity index is 377. The van der Waals surface area contributed by atoms with Crippen LogP contribution in [0, 0.1) is 13.8 Å². The van der Waals surface area contributed by atoms with E-state index in [2.05, 4.69) is 13.8 Å². The zero-order valence-corrected chi connectivity index (χ0v) is 12.5. The molecule has 1 N–H and O–H groups in total. The Morgan fingerprint density at radius 1 is 1.39 bits per heavy atom. The fourth-order valence-corrected chi connectivity index (χ4v) is 3.10. The van der Waals surface area contributed by atoms with Crippen molar-refractivity contribution in [2.24, 2.45) is 0 Å². The molecule has 0 radical (unpaired) electrons. The minimum Gasteiger partial charge on any atom is -0.395 e. The second-order valence-electron chi connectivity index (χ2n) is 4.54. The lowest BCUT2D eigenvalue weighted by atomic mass is 10.1. The van der Waals surface area contributed by atoms with Gasteiger partial charge in [0, 0.05) is 17.5 Å². The number of thiophene rings is 1. The Morgan fingerprint density at radius 2 is 2.00 bits per heavy atom. The molecular formula is C14H23NO2S. The minimum atomic E-state index is 0.0194. The van der Waals surface area contributed by atoms with Gasteiger partial charge in [-0.2, -0.15) is 0 Å². The average molecular weight is 269 g/mol. The number of rotatable bonds is 6. The van der Waals surface area contributed by atoms with Gasteiger partial charge in [-0.25, -0.2) is 0 Å². The number of hydrogen-bond donors (Lipinski definition) is 1. The number of aliphatic hydroxyl groups excluding tert-OH is 1. The molecule has 0 saturated heterocycles. The first-order valence-corrected chi connectivity index (χ1v) is 7.35. The van der Waals surface area contributed by atoms with Crippen molar-refractivity contribution >= 4 is 17.2 Å². The third-order valence-electron chi connectivity index (χ3n) is 3.36. The maximum Gasteiger partial charge on any atom is 0.264 e. The van der Waals surface area contributed by atoms with E-state index >= 15 is 0 Å². The SMILES string of the molecule is CCC(CC)N(CCO)C(=O)c1cc(C)c(C)s1. The Hall–Kier alpha value is -0.870. The molecule has 1 rings (SSSR count). The molecule has 0 bridgehead atoms. The minimum absolute atomic E-state index is 0.0194. The topological polar surface area (TPSA) is 40.5 Å². The van der Waals surface area contributed by atoms with E-state index in [4.69, 9.17) is 5.11 Å². The quantitative estimate of drug-likeness (QED) is 0.862. The molecular weight excluding hydrogens is 246 g/mol. The zero-order valence-electron chi connectivity index (χ0n) is 11.7. The van der Waals surface area contributed by atoms with E-state index in [1.165, 1.54) is 4.88 Å². The fourth-order valence-electron chi connectivity index (χ4n) is 2.11. The van der Waals surface area contributed by atoms with Crippen molar-refractivity contribution in [1.29, 1.82) is 0 Å². The highest BCUT2D eigenvalue weighted by Gasteiger charge is 2.23. The van der Waals surface area contributed by atoms with Gasteiger partial charge in [-0.15, -0.1) is 11.3 Å². The van der Waals surface area contributed by atoms with E-state index in [9.17, 15) is 4.79 Å². The Morgan fingerprint density at radius 3 is 2.39 bits per heavy atom. The van der Waals surface area contributed by atoms with Gasteiger partial charge >= 0.3 is 0 Å². The van der Waals surface area contributed by atoms with Gasteiger partial charge in [0.2, 0.25) is 0 Å². The highest BCUT2D eigenvalue weighted by atomic mass is 32.1. The van der Waals surface area contributed by atoms with Crippen LogP contribution in [0.4, 0.5) is 0 Å². The molecule has 1 amide bonds. The number of carbonyl (C=O) groups is 1. The third kappa shape index (κ3) is 3.33. The first-order chi connectivity index (χ1) is 8.54. The Balaban J connectivity index is 2.94. The van der Waals surface area contributed by atoms with Gasteiger partial charge < -0.3 is 10.0 Å². The molecule has 0 aliphatic heterocycles. The summed E-state index contributed by atoms with van der Waals surface area (Å²) in [7, 11) is 0. The highest BCUT2D eigenvalue weighted by molar-refractivity contribution is 7.14. The van der Waals surface area contributed by atoms with E-state index in [1.807, 2.05) is 24.8 Å². The summed E-state index contributed by atoms with van der Waals surface area (Å²) >= 11 is 1.54. The lowest BCUT2D eigenvalue weighted by Gasteiger charge is -2.29.